The third-order valence-corrected chi connectivity index (χ3v) is 3.88. The van der Waals surface area contributed by atoms with Crippen molar-refractivity contribution in [3.8, 4) is 0 Å². The summed E-state index contributed by atoms with van der Waals surface area (Å²) < 4.78 is 0. The predicted molar refractivity (Wildman–Crippen MR) is 100 cm³/mol. The number of anilines is 2. The molecule has 0 radical (unpaired) electrons. The number of hydrogen-bond donors (Lipinski definition) is 2. The average molecular weight is 373 g/mol. The molecule has 0 fully saturated rings. The van der Waals surface area contributed by atoms with Crippen LogP contribution < -0.4 is 10.6 Å². The molecule has 0 aliphatic carbocycles. The number of halogens is 2. The molecular formula is C18H14Cl2N4O. The van der Waals surface area contributed by atoms with Gasteiger partial charge in [-0.15, -0.1) is 0 Å². The van der Waals surface area contributed by atoms with Gasteiger partial charge in [-0.05, 0) is 42.0 Å². The summed E-state index contributed by atoms with van der Waals surface area (Å²) in [5.41, 5.74) is 2.07. The van der Waals surface area contributed by atoms with Gasteiger partial charge in [-0.25, -0.2) is 9.97 Å². The molecular weight excluding hydrogens is 359 g/mol. The van der Waals surface area contributed by atoms with E-state index in [1.165, 1.54) is 12.4 Å². The summed E-state index contributed by atoms with van der Waals surface area (Å²) in [4.78, 5) is 20.5. The molecule has 3 rings (SSSR count). The molecule has 126 valence electrons. The maximum Gasteiger partial charge on any atom is 0.258 e. The monoisotopic (exact) mass is 372 g/mol. The van der Waals surface area contributed by atoms with Crippen LogP contribution in [0.25, 0.3) is 0 Å². The smallest absolute Gasteiger partial charge is 0.258 e. The second kappa shape index (κ2) is 7.96. The first-order valence-electron chi connectivity index (χ1n) is 7.47. The van der Waals surface area contributed by atoms with E-state index in [-0.39, 0.29) is 5.91 Å². The van der Waals surface area contributed by atoms with Gasteiger partial charge in [0, 0.05) is 34.7 Å². The van der Waals surface area contributed by atoms with Crippen LogP contribution in [0.15, 0.2) is 60.9 Å². The van der Waals surface area contributed by atoms with Gasteiger partial charge in [0.1, 0.15) is 0 Å². The maximum absolute atomic E-state index is 12.2. The first-order chi connectivity index (χ1) is 12.1. The SMILES string of the molecule is O=C(Nc1ccc(Cl)cc1)c1cnc(NCc2ccc(Cl)cc2)nc1. The zero-order chi connectivity index (χ0) is 17.6. The van der Waals surface area contributed by atoms with E-state index in [4.69, 9.17) is 23.2 Å². The van der Waals surface area contributed by atoms with E-state index in [0.29, 0.717) is 33.8 Å². The fraction of sp³-hybridized carbons (Fsp3) is 0.0556. The molecule has 7 heteroatoms. The number of nitrogens with one attached hydrogen (secondary N) is 2. The van der Waals surface area contributed by atoms with Gasteiger partial charge in [0.2, 0.25) is 5.95 Å². The second-order valence-electron chi connectivity index (χ2n) is 5.24. The molecule has 2 N–H and O–H groups in total. The number of benzene rings is 2. The van der Waals surface area contributed by atoms with Crippen molar-refractivity contribution < 1.29 is 4.79 Å². The summed E-state index contributed by atoms with van der Waals surface area (Å²) in [6, 6.07) is 14.3. The van der Waals surface area contributed by atoms with Crippen LogP contribution in [0.5, 0.6) is 0 Å². The van der Waals surface area contributed by atoms with Crippen LogP contribution in [0.3, 0.4) is 0 Å². The second-order valence-corrected chi connectivity index (χ2v) is 6.11. The van der Waals surface area contributed by atoms with Crippen LogP contribution in [0.1, 0.15) is 15.9 Å². The molecule has 0 aliphatic heterocycles. The summed E-state index contributed by atoms with van der Waals surface area (Å²) in [5.74, 6) is 0.157. The number of carbonyl (C=O) groups excluding carboxylic acids is 1. The molecule has 1 amide bonds. The third kappa shape index (κ3) is 4.92. The van der Waals surface area contributed by atoms with Gasteiger partial charge in [-0.3, -0.25) is 4.79 Å². The Morgan fingerprint density at radius 1 is 0.880 bits per heavy atom. The van der Waals surface area contributed by atoms with Crippen molar-refractivity contribution in [1.82, 2.24) is 9.97 Å². The van der Waals surface area contributed by atoms with Crippen LogP contribution in [0, 0.1) is 0 Å². The summed E-state index contributed by atoms with van der Waals surface area (Å²) in [5, 5.41) is 7.15. The Morgan fingerprint density at radius 3 is 2.04 bits per heavy atom. The van der Waals surface area contributed by atoms with E-state index in [2.05, 4.69) is 20.6 Å². The minimum atomic E-state index is -0.286. The fourth-order valence-electron chi connectivity index (χ4n) is 2.06. The van der Waals surface area contributed by atoms with E-state index < -0.39 is 0 Å². The highest BCUT2D eigenvalue weighted by Gasteiger charge is 2.08. The van der Waals surface area contributed by atoms with E-state index in [9.17, 15) is 4.79 Å². The lowest BCUT2D eigenvalue weighted by Gasteiger charge is -2.07. The zero-order valence-corrected chi connectivity index (χ0v) is 14.6. The van der Waals surface area contributed by atoms with Crippen LogP contribution in [-0.4, -0.2) is 15.9 Å². The largest absolute Gasteiger partial charge is 0.350 e. The molecule has 0 unspecified atom stereocenters. The van der Waals surface area contributed by atoms with Crippen molar-refractivity contribution in [3.63, 3.8) is 0 Å². The summed E-state index contributed by atoms with van der Waals surface area (Å²) >= 11 is 11.7. The zero-order valence-electron chi connectivity index (χ0n) is 13.0. The lowest BCUT2D eigenvalue weighted by atomic mass is 10.2. The quantitative estimate of drug-likeness (QED) is 0.683. The molecule has 0 saturated carbocycles. The molecule has 1 aromatic heterocycles. The van der Waals surface area contributed by atoms with Crippen molar-refractivity contribution in [2.75, 3.05) is 10.6 Å². The molecule has 2 aromatic carbocycles. The molecule has 0 aliphatic rings. The number of aromatic nitrogens is 2. The standard InChI is InChI=1S/C18H14Cl2N4O/c19-14-3-1-12(2-4-14)9-21-18-22-10-13(11-23-18)17(25)24-16-7-5-15(20)6-8-16/h1-8,10-11H,9H2,(H,24,25)(H,21,22,23). The van der Waals surface area contributed by atoms with Gasteiger partial charge >= 0.3 is 0 Å². The number of rotatable bonds is 5. The van der Waals surface area contributed by atoms with Crippen LogP contribution >= 0.6 is 23.2 Å². The molecule has 25 heavy (non-hydrogen) atoms. The Bertz CT molecular complexity index is 850. The Labute approximate surface area is 155 Å². The molecule has 3 aromatic rings. The summed E-state index contributed by atoms with van der Waals surface area (Å²) in [6.07, 6.45) is 2.95. The molecule has 0 spiro atoms. The highest BCUT2D eigenvalue weighted by molar-refractivity contribution is 6.30. The van der Waals surface area contributed by atoms with Crippen molar-refractivity contribution in [3.05, 3.63) is 82.1 Å². The van der Waals surface area contributed by atoms with Gasteiger partial charge in [0.05, 0.1) is 5.56 Å². The minimum Gasteiger partial charge on any atom is -0.350 e. The van der Waals surface area contributed by atoms with E-state index >= 15 is 0 Å². The van der Waals surface area contributed by atoms with E-state index in [0.717, 1.165) is 5.56 Å². The van der Waals surface area contributed by atoms with E-state index in [1.54, 1.807) is 24.3 Å². The van der Waals surface area contributed by atoms with Gasteiger partial charge in [-0.2, -0.15) is 0 Å². The van der Waals surface area contributed by atoms with Gasteiger partial charge < -0.3 is 10.6 Å². The third-order valence-electron chi connectivity index (χ3n) is 3.38. The topological polar surface area (TPSA) is 66.9 Å². The highest BCUT2D eigenvalue weighted by Crippen LogP contribution is 2.15. The van der Waals surface area contributed by atoms with Crippen LogP contribution in [-0.2, 0) is 6.54 Å². The number of amides is 1. The molecule has 0 bridgehead atoms. The van der Waals surface area contributed by atoms with Crippen LogP contribution in [0.4, 0.5) is 11.6 Å². The highest BCUT2D eigenvalue weighted by atomic mass is 35.5. The minimum absolute atomic E-state index is 0.286. The summed E-state index contributed by atoms with van der Waals surface area (Å²) in [7, 11) is 0. The Kier molecular flexibility index (Phi) is 5.48. The lowest BCUT2D eigenvalue weighted by Crippen LogP contribution is -2.13. The Morgan fingerprint density at radius 2 is 1.44 bits per heavy atom. The molecule has 1 heterocycles. The van der Waals surface area contributed by atoms with Gasteiger partial charge in [0.25, 0.3) is 5.91 Å². The average Bonchev–Trinajstić information content (AvgIpc) is 2.63. The van der Waals surface area contributed by atoms with Crippen molar-refractivity contribution in [2.45, 2.75) is 6.54 Å². The first-order valence-corrected chi connectivity index (χ1v) is 8.23. The molecule has 0 saturated heterocycles. The van der Waals surface area contributed by atoms with Gasteiger partial charge in [0.15, 0.2) is 0 Å². The number of nitrogens with zero attached hydrogens (tertiary/aromatic N) is 2. The lowest BCUT2D eigenvalue weighted by molar-refractivity contribution is 0.102. The predicted octanol–water partition coefficient (Wildman–Crippen LogP) is 4.65. The van der Waals surface area contributed by atoms with Gasteiger partial charge in [-0.1, -0.05) is 35.3 Å². The maximum atomic E-state index is 12.2. The normalized spacial score (nSPS) is 10.3. The van der Waals surface area contributed by atoms with Crippen molar-refractivity contribution in [1.29, 1.82) is 0 Å². The Balaban J connectivity index is 1.58. The van der Waals surface area contributed by atoms with Crippen molar-refractivity contribution >= 4 is 40.7 Å². The summed E-state index contributed by atoms with van der Waals surface area (Å²) in [6.45, 7) is 0.563. The van der Waals surface area contributed by atoms with Crippen LogP contribution in [0.2, 0.25) is 10.0 Å². The van der Waals surface area contributed by atoms with E-state index in [1.807, 2.05) is 24.3 Å². The first kappa shape index (κ1) is 17.2. The fourth-order valence-corrected chi connectivity index (χ4v) is 2.31. The number of hydrogen-bond acceptors (Lipinski definition) is 4. The number of carbonyl (C=O) groups is 1. The Hall–Kier alpha value is -2.63. The molecule has 0 atom stereocenters. The molecule has 5 nitrogen and oxygen atoms in total. The van der Waals surface area contributed by atoms with Crippen molar-refractivity contribution in [2.24, 2.45) is 0 Å².